The first-order chi connectivity index (χ1) is 6.84. The molecule has 0 spiro atoms. The highest BCUT2D eigenvalue weighted by atomic mass is 15.0. The van der Waals surface area contributed by atoms with Crippen molar-refractivity contribution in [3.63, 3.8) is 0 Å². The van der Waals surface area contributed by atoms with Gasteiger partial charge in [-0.1, -0.05) is 0 Å². The quantitative estimate of drug-likeness (QED) is 0.750. The predicted molar refractivity (Wildman–Crippen MR) is 55.8 cm³/mol. The molecular weight excluding hydrogens is 176 g/mol. The summed E-state index contributed by atoms with van der Waals surface area (Å²) in [5.41, 5.74) is 5.84. The minimum absolute atomic E-state index is 0.409. The Kier molecular flexibility index (Phi) is 2.93. The van der Waals surface area contributed by atoms with E-state index in [2.05, 4.69) is 15.3 Å². The molecule has 0 bridgehead atoms. The van der Waals surface area contributed by atoms with Crippen molar-refractivity contribution in [1.82, 2.24) is 9.97 Å². The van der Waals surface area contributed by atoms with Crippen molar-refractivity contribution in [1.29, 1.82) is 0 Å². The lowest BCUT2D eigenvalue weighted by atomic mass is 10.1. The lowest BCUT2D eigenvalue weighted by Crippen LogP contribution is -2.17. The Hall–Kier alpha value is -1.16. The second-order valence-electron chi connectivity index (χ2n) is 3.91. The van der Waals surface area contributed by atoms with Crippen molar-refractivity contribution >= 4 is 5.82 Å². The SMILES string of the molecule is NC1CCC(CNc2ccncn2)C1. The van der Waals surface area contributed by atoms with Crippen LogP contribution in [0.2, 0.25) is 0 Å². The zero-order valence-corrected chi connectivity index (χ0v) is 8.19. The molecule has 0 amide bonds. The second kappa shape index (κ2) is 4.37. The number of nitrogens with two attached hydrogens (primary N) is 1. The molecule has 1 aromatic heterocycles. The Morgan fingerprint density at radius 1 is 1.50 bits per heavy atom. The van der Waals surface area contributed by atoms with Crippen molar-refractivity contribution in [3.8, 4) is 0 Å². The molecule has 1 heterocycles. The minimum atomic E-state index is 0.409. The highest BCUT2D eigenvalue weighted by Crippen LogP contribution is 2.23. The van der Waals surface area contributed by atoms with Gasteiger partial charge in [0, 0.05) is 18.8 Å². The van der Waals surface area contributed by atoms with Crippen molar-refractivity contribution < 1.29 is 0 Å². The van der Waals surface area contributed by atoms with E-state index in [1.807, 2.05) is 6.07 Å². The molecule has 4 nitrogen and oxygen atoms in total. The molecule has 1 aliphatic carbocycles. The second-order valence-corrected chi connectivity index (χ2v) is 3.91. The molecule has 2 rings (SSSR count). The molecule has 1 aliphatic rings. The Morgan fingerprint density at radius 3 is 3.07 bits per heavy atom. The maximum atomic E-state index is 5.84. The van der Waals surface area contributed by atoms with Crippen LogP contribution in [0.15, 0.2) is 18.6 Å². The fourth-order valence-electron chi connectivity index (χ4n) is 1.94. The van der Waals surface area contributed by atoms with Crippen LogP contribution in [0.5, 0.6) is 0 Å². The van der Waals surface area contributed by atoms with Gasteiger partial charge in [0.25, 0.3) is 0 Å². The number of hydrogen-bond acceptors (Lipinski definition) is 4. The maximum Gasteiger partial charge on any atom is 0.129 e. The van der Waals surface area contributed by atoms with Gasteiger partial charge < -0.3 is 11.1 Å². The van der Waals surface area contributed by atoms with Crippen LogP contribution in [-0.4, -0.2) is 22.6 Å². The van der Waals surface area contributed by atoms with E-state index in [-0.39, 0.29) is 0 Å². The van der Waals surface area contributed by atoms with E-state index in [0.29, 0.717) is 12.0 Å². The van der Waals surface area contributed by atoms with Gasteiger partial charge in [-0.3, -0.25) is 0 Å². The molecule has 2 unspecified atom stereocenters. The fourth-order valence-corrected chi connectivity index (χ4v) is 1.94. The summed E-state index contributed by atoms with van der Waals surface area (Å²) in [4.78, 5) is 7.97. The van der Waals surface area contributed by atoms with E-state index < -0.39 is 0 Å². The Balaban J connectivity index is 1.78. The van der Waals surface area contributed by atoms with Crippen LogP contribution >= 0.6 is 0 Å². The third kappa shape index (κ3) is 2.42. The molecule has 3 N–H and O–H groups in total. The summed E-state index contributed by atoms with van der Waals surface area (Å²) in [6.45, 7) is 0.977. The number of anilines is 1. The molecule has 1 aromatic rings. The number of rotatable bonds is 3. The molecular formula is C10H16N4. The predicted octanol–water partition coefficient (Wildman–Crippen LogP) is 1.02. The van der Waals surface area contributed by atoms with Gasteiger partial charge in [0.1, 0.15) is 12.1 Å². The molecule has 1 saturated carbocycles. The van der Waals surface area contributed by atoms with Crippen LogP contribution in [0, 0.1) is 5.92 Å². The van der Waals surface area contributed by atoms with Gasteiger partial charge >= 0.3 is 0 Å². The highest BCUT2D eigenvalue weighted by molar-refractivity contribution is 5.31. The van der Waals surface area contributed by atoms with Crippen LogP contribution in [-0.2, 0) is 0 Å². The van der Waals surface area contributed by atoms with Gasteiger partial charge in [0.05, 0.1) is 0 Å². The van der Waals surface area contributed by atoms with Crippen LogP contribution in [0.3, 0.4) is 0 Å². The maximum absolute atomic E-state index is 5.84. The van der Waals surface area contributed by atoms with E-state index in [1.54, 1.807) is 12.5 Å². The first-order valence-corrected chi connectivity index (χ1v) is 5.10. The summed E-state index contributed by atoms with van der Waals surface area (Å²) in [6.07, 6.45) is 6.84. The lowest BCUT2D eigenvalue weighted by Gasteiger charge is -2.10. The van der Waals surface area contributed by atoms with E-state index in [0.717, 1.165) is 25.2 Å². The fraction of sp³-hybridized carbons (Fsp3) is 0.600. The molecule has 2 atom stereocenters. The van der Waals surface area contributed by atoms with Crippen LogP contribution in [0.1, 0.15) is 19.3 Å². The summed E-state index contributed by atoms with van der Waals surface area (Å²) in [7, 11) is 0. The summed E-state index contributed by atoms with van der Waals surface area (Å²) in [6, 6.07) is 2.29. The van der Waals surface area contributed by atoms with Crippen molar-refractivity contribution in [2.75, 3.05) is 11.9 Å². The molecule has 76 valence electrons. The van der Waals surface area contributed by atoms with Gasteiger partial charge in [-0.2, -0.15) is 0 Å². The van der Waals surface area contributed by atoms with E-state index in [1.165, 1.54) is 6.42 Å². The monoisotopic (exact) mass is 192 g/mol. The molecule has 0 aromatic carbocycles. The van der Waals surface area contributed by atoms with E-state index >= 15 is 0 Å². The normalized spacial score (nSPS) is 26.4. The topological polar surface area (TPSA) is 63.8 Å². The number of hydrogen-bond donors (Lipinski definition) is 2. The zero-order chi connectivity index (χ0) is 9.80. The Bertz CT molecular complexity index is 275. The highest BCUT2D eigenvalue weighted by Gasteiger charge is 2.21. The third-order valence-electron chi connectivity index (χ3n) is 2.74. The van der Waals surface area contributed by atoms with Gasteiger partial charge in [-0.05, 0) is 31.2 Å². The lowest BCUT2D eigenvalue weighted by molar-refractivity contribution is 0.565. The van der Waals surface area contributed by atoms with Gasteiger partial charge in [-0.15, -0.1) is 0 Å². The average molecular weight is 192 g/mol. The first-order valence-electron chi connectivity index (χ1n) is 5.10. The summed E-state index contributed by atoms with van der Waals surface area (Å²) in [5, 5.41) is 3.30. The Labute approximate surface area is 83.9 Å². The van der Waals surface area contributed by atoms with E-state index in [4.69, 9.17) is 5.73 Å². The van der Waals surface area contributed by atoms with Crippen molar-refractivity contribution in [2.24, 2.45) is 11.7 Å². The Morgan fingerprint density at radius 2 is 2.43 bits per heavy atom. The average Bonchev–Trinajstić information content (AvgIpc) is 2.63. The van der Waals surface area contributed by atoms with Crippen LogP contribution in [0.4, 0.5) is 5.82 Å². The number of nitrogens with zero attached hydrogens (tertiary/aromatic N) is 2. The third-order valence-corrected chi connectivity index (χ3v) is 2.74. The van der Waals surface area contributed by atoms with Crippen molar-refractivity contribution in [3.05, 3.63) is 18.6 Å². The van der Waals surface area contributed by atoms with Crippen molar-refractivity contribution in [2.45, 2.75) is 25.3 Å². The zero-order valence-electron chi connectivity index (χ0n) is 8.19. The molecule has 1 fully saturated rings. The molecule has 14 heavy (non-hydrogen) atoms. The summed E-state index contributed by atoms with van der Waals surface area (Å²) in [5.74, 6) is 1.61. The van der Waals surface area contributed by atoms with Crippen LogP contribution in [0.25, 0.3) is 0 Å². The molecule has 0 aliphatic heterocycles. The summed E-state index contributed by atoms with van der Waals surface area (Å²) < 4.78 is 0. The molecule has 0 radical (unpaired) electrons. The summed E-state index contributed by atoms with van der Waals surface area (Å²) >= 11 is 0. The van der Waals surface area contributed by atoms with Gasteiger partial charge in [-0.25, -0.2) is 9.97 Å². The van der Waals surface area contributed by atoms with Gasteiger partial charge in [0.2, 0.25) is 0 Å². The van der Waals surface area contributed by atoms with E-state index in [9.17, 15) is 0 Å². The standard InChI is InChI=1S/C10H16N4/c11-9-2-1-8(5-9)6-13-10-3-4-12-7-14-10/h3-4,7-9H,1-2,5-6,11H2,(H,12,13,14). The first kappa shape index (κ1) is 9.40. The number of aromatic nitrogens is 2. The van der Waals surface area contributed by atoms with Crippen LogP contribution < -0.4 is 11.1 Å². The smallest absolute Gasteiger partial charge is 0.129 e. The molecule has 0 saturated heterocycles. The minimum Gasteiger partial charge on any atom is -0.370 e. The molecule has 4 heteroatoms. The number of nitrogens with one attached hydrogen (secondary N) is 1. The van der Waals surface area contributed by atoms with Gasteiger partial charge in [0.15, 0.2) is 0 Å². The largest absolute Gasteiger partial charge is 0.370 e.